The second kappa shape index (κ2) is 7.27. The molecule has 0 atom stereocenters. The monoisotopic (exact) mass is 379 g/mol. The Morgan fingerprint density at radius 3 is 2.62 bits per heavy atom. The van der Waals surface area contributed by atoms with E-state index in [4.69, 9.17) is 16.3 Å². The predicted molar refractivity (Wildman–Crippen MR) is 95.6 cm³/mol. The van der Waals surface area contributed by atoms with Crippen LogP contribution < -0.4 is 4.74 Å². The molecule has 1 aromatic carbocycles. The summed E-state index contributed by atoms with van der Waals surface area (Å²) >= 11 is 6.12. The van der Waals surface area contributed by atoms with E-state index in [1.54, 1.807) is 11.0 Å². The average molecular weight is 380 g/mol. The molecule has 0 bridgehead atoms. The highest BCUT2D eigenvalue weighted by Crippen LogP contribution is 2.41. The molecule has 0 aliphatic carbocycles. The number of aryl methyl sites for hydroxylation is 1. The summed E-state index contributed by atoms with van der Waals surface area (Å²) in [5, 5.41) is 0.558. The maximum absolute atomic E-state index is 12.6. The number of amides is 1. The molecule has 7 heteroatoms. The topological polar surface area (TPSA) is 72.9 Å². The molecule has 3 rings (SSSR count). The number of benzene rings is 1. The van der Waals surface area contributed by atoms with E-state index in [9.17, 15) is 14.4 Å². The van der Waals surface area contributed by atoms with Gasteiger partial charge in [-0.15, -0.1) is 0 Å². The number of piperidine rings is 1. The molecule has 2 aliphatic rings. The summed E-state index contributed by atoms with van der Waals surface area (Å²) in [7, 11) is 1.31. The fraction of sp³-hybridized carbons (Fsp3) is 0.526. The smallest absolute Gasteiger partial charge is 0.306 e. The summed E-state index contributed by atoms with van der Waals surface area (Å²) in [6.07, 6.45) is 1.69. The van der Waals surface area contributed by atoms with Crippen LogP contribution in [-0.4, -0.2) is 48.4 Å². The number of hydrogen-bond donors (Lipinski definition) is 0. The third kappa shape index (κ3) is 3.70. The zero-order valence-electron chi connectivity index (χ0n) is 15.0. The molecule has 1 fully saturated rings. The number of likely N-dealkylation sites (tertiary alicyclic amines) is 1. The van der Waals surface area contributed by atoms with Gasteiger partial charge in [-0.1, -0.05) is 11.6 Å². The number of esters is 1. The van der Waals surface area contributed by atoms with Gasteiger partial charge in [-0.25, -0.2) is 0 Å². The van der Waals surface area contributed by atoms with Gasteiger partial charge in [0, 0.05) is 37.4 Å². The van der Waals surface area contributed by atoms with Crippen molar-refractivity contribution in [1.29, 1.82) is 0 Å². The Bertz CT molecular complexity index is 753. The number of nitrogens with zero attached hydrogens (tertiary/aromatic N) is 1. The summed E-state index contributed by atoms with van der Waals surface area (Å²) in [5.41, 5.74) is 0.831. The molecule has 1 saturated heterocycles. The number of Topliss-reactive ketones (excluding diaryl/α,β-unsaturated/α-hetero) is 1. The molecular formula is C19H22ClNO5. The van der Waals surface area contributed by atoms with Crippen molar-refractivity contribution in [3.63, 3.8) is 0 Å². The quantitative estimate of drug-likeness (QED) is 0.755. The number of carbonyl (C=O) groups excluding carboxylic acids is 3. The molecule has 140 valence electrons. The molecule has 0 radical (unpaired) electrons. The first-order chi connectivity index (χ1) is 12.3. The van der Waals surface area contributed by atoms with Crippen LogP contribution >= 0.6 is 11.6 Å². The van der Waals surface area contributed by atoms with Crippen molar-refractivity contribution in [3.8, 4) is 5.75 Å². The second-order valence-corrected chi connectivity index (χ2v) is 7.35. The van der Waals surface area contributed by atoms with E-state index in [0.29, 0.717) is 48.7 Å². The molecule has 1 spiro atoms. The van der Waals surface area contributed by atoms with Gasteiger partial charge in [0.2, 0.25) is 5.91 Å². The number of ketones is 1. The summed E-state index contributed by atoms with van der Waals surface area (Å²) in [4.78, 5) is 37.7. The van der Waals surface area contributed by atoms with Crippen molar-refractivity contribution in [1.82, 2.24) is 4.90 Å². The van der Waals surface area contributed by atoms with E-state index < -0.39 is 11.6 Å². The highest BCUT2D eigenvalue weighted by Gasteiger charge is 2.43. The van der Waals surface area contributed by atoms with Gasteiger partial charge in [0.05, 0.1) is 25.5 Å². The standard InChI is InChI=1S/C19H22ClNO5/c1-12-9-16-13(10-14(12)20)15(22)11-19(26-16)5-7-21(8-6-19)17(23)3-4-18(24)25-2/h9-10H,3-8,11H2,1-2H3. The second-order valence-electron chi connectivity index (χ2n) is 6.94. The normalized spacial score (nSPS) is 18.3. The molecule has 0 saturated carbocycles. The van der Waals surface area contributed by atoms with Crippen molar-refractivity contribution in [3.05, 3.63) is 28.3 Å². The Morgan fingerprint density at radius 2 is 1.96 bits per heavy atom. The first kappa shape index (κ1) is 18.7. The molecule has 6 nitrogen and oxygen atoms in total. The van der Waals surface area contributed by atoms with Crippen molar-refractivity contribution in [2.75, 3.05) is 20.2 Å². The number of carbonyl (C=O) groups is 3. The van der Waals surface area contributed by atoms with Crippen LogP contribution in [0.3, 0.4) is 0 Å². The number of halogens is 1. The van der Waals surface area contributed by atoms with Gasteiger partial charge in [-0.3, -0.25) is 14.4 Å². The van der Waals surface area contributed by atoms with E-state index in [-0.39, 0.29) is 24.5 Å². The lowest BCUT2D eigenvalue weighted by atomic mass is 9.82. The third-order valence-corrected chi connectivity index (χ3v) is 5.58. The van der Waals surface area contributed by atoms with Crippen LogP contribution in [0.4, 0.5) is 0 Å². The Morgan fingerprint density at radius 1 is 1.27 bits per heavy atom. The number of ether oxygens (including phenoxy) is 2. The van der Waals surface area contributed by atoms with Crippen LogP contribution in [0.5, 0.6) is 5.75 Å². The summed E-state index contributed by atoms with van der Waals surface area (Å²) in [6.45, 7) is 2.89. The van der Waals surface area contributed by atoms with Crippen LogP contribution in [0.1, 0.15) is 48.0 Å². The molecule has 0 unspecified atom stereocenters. The lowest BCUT2D eigenvalue weighted by Gasteiger charge is -2.44. The van der Waals surface area contributed by atoms with E-state index in [0.717, 1.165) is 5.56 Å². The van der Waals surface area contributed by atoms with Gasteiger partial charge in [0.15, 0.2) is 5.78 Å². The predicted octanol–water partition coefficient (Wildman–Crippen LogP) is 2.93. The van der Waals surface area contributed by atoms with Gasteiger partial charge in [0.1, 0.15) is 11.4 Å². The fourth-order valence-electron chi connectivity index (χ4n) is 3.53. The zero-order valence-corrected chi connectivity index (χ0v) is 15.7. The van der Waals surface area contributed by atoms with Gasteiger partial charge >= 0.3 is 5.97 Å². The number of hydrogen-bond acceptors (Lipinski definition) is 5. The lowest BCUT2D eigenvalue weighted by molar-refractivity contribution is -0.144. The van der Waals surface area contributed by atoms with Gasteiger partial charge in [-0.2, -0.15) is 0 Å². The minimum absolute atomic E-state index is 0.0265. The maximum Gasteiger partial charge on any atom is 0.306 e. The molecule has 1 amide bonds. The van der Waals surface area contributed by atoms with Crippen LogP contribution in [0.2, 0.25) is 5.02 Å². The fourth-order valence-corrected chi connectivity index (χ4v) is 3.69. The van der Waals surface area contributed by atoms with Crippen molar-refractivity contribution in [2.24, 2.45) is 0 Å². The minimum atomic E-state index is -0.566. The number of methoxy groups -OCH3 is 1. The molecular weight excluding hydrogens is 358 g/mol. The summed E-state index contributed by atoms with van der Waals surface area (Å²) in [6, 6.07) is 3.48. The Balaban J connectivity index is 1.65. The summed E-state index contributed by atoms with van der Waals surface area (Å²) < 4.78 is 10.8. The average Bonchev–Trinajstić information content (AvgIpc) is 2.62. The summed E-state index contributed by atoms with van der Waals surface area (Å²) in [5.74, 6) is 0.140. The Kier molecular flexibility index (Phi) is 5.23. The first-order valence-corrected chi connectivity index (χ1v) is 9.08. The zero-order chi connectivity index (χ0) is 18.9. The van der Waals surface area contributed by atoms with E-state index in [1.165, 1.54) is 7.11 Å². The lowest BCUT2D eigenvalue weighted by Crippen LogP contribution is -2.52. The largest absolute Gasteiger partial charge is 0.486 e. The van der Waals surface area contributed by atoms with E-state index in [1.807, 2.05) is 13.0 Å². The molecule has 26 heavy (non-hydrogen) atoms. The van der Waals surface area contributed by atoms with Crippen LogP contribution in [0, 0.1) is 6.92 Å². The van der Waals surface area contributed by atoms with Crippen molar-refractivity contribution < 1.29 is 23.9 Å². The molecule has 1 aromatic rings. The maximum atomic E-state index is 12.6. The number of rotatable bonds is 3. The number of fused-ring (bicyclic) bond motifs is 1. The van der Waals surface area contributed by atoms with Crippen LogP contribution in [-0.2, 0) is 14.3 Å². The van der Waals surface area contributed by atoms with Crippen LogP contribution in [0.25, 0.3) is 0 Å². The highest BCUT2D eigenvalue weighted by atomic mass is 35.5. The van der Waals surface area contributed by atoms with Gasteiger partial charge in [0.25, 0.3) is 0 Å². The third-order valence-electron chi connectivity index (χ3n) is 5.17. The molecule has 0 aromatic heterocycles. The van der Waals surface area contributed by atoms with Gasteiger partial charge < -0.3 is 14.4 Å². The van der Waals surface area contributed by atoms with E-state index >= 15 is 0 Å². The molecule has 2 heterocycles. The molecule has 2 aliphatic heterocycles. The van der Waals surface area contributed by atoms with Crippen molar-refractivity contribution in [2.45, 2.75) is 44.6 Å². The molecule has 0 N–H and O–H groups in total. The highest BCUT2D eigenvalue weighted by molar-refractivity contribution is 6.31. The Labute approximate surface area is 157 Å². The van der Waals surface area contributed by atoms with Crippen LogP contribution in [0.15, 0.2) is 12.1 Å². The van der Waals surface area contributed by atoms with Gasteiger partial charge in [-0.05, 0) is 24.6 Å². The minimum Gasteiger partial charge on any atom is -0.486 e. The van der Waals surface area contributed by atoms with E-state index in [2.05, 4.69) is 4.74 Å². The SMILES string of the molecule is COC(=O)CCC(=O)N1CCC2(CC1)CC(=O)c1cc(Cl)c(C)cc1O2. The first-order valence-electron chi connectivity index (χ1n) is 8.70. The van der Waals surface area contributed by atoms with Crippen molar-refractivity contribution >= 4 is 29.3 Å². The Hall–Kier alpha value is -2.08.